The number of carboxylic acid groups (broad SMARTS) is 1. The molecule has 0 saturated carbocycles. The van der Waals surface area contributed by atoms with Gasteiger partial charge < -0.3 is 10.1 Å². The molecule has 0 spiro atoms. The molecule has 2 N–H and O–H groups in total. The minimum atomic E-state index is -5.08. The largest absolute Gasteiger partial charge is 0.490 e. The van der Waals surface area contributed by atoms with Crippen LogP contribution in [0.15, 0.2) is 52.2 Å². The molecule has 246 valence electrons. The van der Waals surface area contributed by atoms with Crippen molar-refractivity contribution in [1.29, 1.82) is 0 Å². The lowest BCUT2D eigenvalue weighted by Crippen LogP contribution is -2.48. The lowest BCUT2D eigenvalue weighted by molar-refractivity contribution is -0.192. The summed E-state index contributed by atoms with van der Waals surface area (Å²) in [7, 11) is -6.86. The molecule has 3 aromatic heterocycles. The zero-order valence-corrected chi connectivity index (χ0v) is 27.7. The molecule has 1 saturated heterocycles. The van der Waals surface area contributed by atoms with Crippen LogP contribution in [0.5, 0.6) is 0 Å². The number of nitrogens with zero attached hydrogens (tertiary/aromatic N) is 4. The summed E-state index contributed by atoms with van der Waals surface area (Å²) >= 11 is 2.80. The average Bonchev–Trinajstić information content (AvgIpc) is 3.74. The quantitative estimate of drug-likeness (QED) is 0.246. The standard InChI is InChI=1S/C25H31N5O4S4.C2HF3O2/c1-4-37(31,32)29-12-10-28(11-13-29)17-20-16-26-25(36-20)21-15-19-7-5-8-22(24(19)27-21)30(18(2)3)38(33,34)23-9-6-14-35-23;3-2(4,5)1(6)7/h5-9,14-16,18,27H,4,10-13,17H2,1-3H3;(H,6,7). The SMILES string of the molecule is CCS(=O)(=O)N1CCN(Cc2cnc(-c3cc4cccc(N(C(C)C)S(=O)(=O)c5cccs5)c4[nH]3)s2)CC1.O=C(O)C(F)(F)F. The van der Waals surface area contributed by atoms with E-state index in [1.807, 2.05) is 44.3 Å². The van der Waals surface area contributed by atoms with E-state index in [4.69, 9.17) is 9.90 Å². The maximum absolute atomic E-state index is 13.5. The fraction of sp³-hybridized carbons (Fsp3) is 0.407. The first kappa shape index (κ1) is 34.8. The molecule has 1 aliphatic heterocycles. The number of hydrogen-bond donors (Lipinski definition) is 2. The normalized spacial score (nSPS) is 15.3. The van der Waals surface area contributed by atoms with Crippen molar-refractivity contribution >= 4 is 65.3 Å². The molecule has 5 rings (SSSR count). The number of aromatic amines is 1. The summed E-state index contributed by atoms with van der Waals surface area (Å²) in [4.78, 5) is 20.3. The van der Waals surface area contributed by atoms with Crippen LogP contribution in [0.4, 0.5) is 18.9 Å². The van der Waals surface area contributed by atoms with Gasteiger partial charge in [0.1, 0.15) is 9.22 Å². The van der Waals surface area contributed by atoms with Gasteiger partial charge in [-0.2, -0.15) is 17.5 Å². The molecule has 1 aromatic carbocycles. The maximum Gasteiger partial charge on any atom is 0.490 e. The first-order valence-electron chi connectivity index (χ1n) is 13.7. The number of benzene rings is 1. The van der Waals surface area contributed by atoms with Crippen molar-refractivity contribution in [2.45, 2.75) is 43.7 Å². The van der Waals surface area contributed by atoms with E-state index in [2.05, 4.69) is 14.9 Å². The predicted molar refractivity (Wildman–Crippen MR) is 169 cm³/mol. The summed E-state index contributed by atoms with van der Waals surface area (Å²) in [6, 6.07) is 10.8. The van der Waals surface area contributed by atoms with Crippen molar-refractivity contribution in [3.8, 4) is 10.7 Å². The monoisotopic (exact) mass is 707 g/mol. The smallest absolute Gasteiger partial charge is 0.475 e. The van der Waals surface area contributed by atoms with E-state index in [0.717, 1.165) is 26.5 Å². The fourth-order valence-corrected chi connectivity index (χ4v) is 9.47. The Morgan fingerprint density at radius 2 is 1.78 bits per heavy atom. The summed E-state index contributed by atoms with van der Waals surface area (Å²) in [6.07, 6.45) is -3.22. The summed E-state index contributed by atoms with van der Waals surface area (Å²) in [6.45, 7) is 8.52. The lowest BCUT2D eigenvalue weighted by Gasteiger charge is -2.33. The van der Waals surface area contributed by atoms with Gasteiger partial charge in [-0.1, -0.05) is 18.2 Å². The number of halogens is 3. The summed E-state index contributed by atoms with van der Waals surface area (Å²) < 4.78 is 86.4. The molecule has 45 heavy (non-hydrogen) atoms. The van der Waals surface area contributed by atoms with Gasteiger partial charge in [-0.15, -0.1) is 22.7 Å². The van der Waals surface area contributed by atoms with Crippen molar-refractivity contribution < 1.29 is 39.9 Å². The second kappa shape index (κ2) is 13.8. The van der Waals surface area contributed by atoms with E-state index < -0.39 is 32.2 Å². The average molecular weight is 708 g/mol. The van der Waals surface area contributed by atoms with E-state index in [-0.39, 0.29) is 11.8 Å². The second-order valence-electron chi connectivity index (χ2n) is 10.3. The van der Waals surface area contributed by atoms with Crippen molar-refractivity contribution in [3.05, 3.63) is 52.9 Å². The Morgan fingerprint density at radius 1 is 1.11 bits per heavy atom. The topological polar surface area (TPSA) is 144 Å². The highest BCUT2D eigenvalue weighted by atomic mass is 32.2. The van der Waals surface area contributed by atoms with Crippen LogP contribution in [0.1, 0.15) is 25.6 Å². The Balaban J connectivity index is 0.000000591. The van der Waals surface area contributed by atoms with Crippen LogP contribution in [-0.4, -0.2) is 91.2 Å². The van der Waals surface area contributed by atoms with Gasteiger partial charge in [0.2, 0.25) is 10.0 Å². The van der Waals surface area contributed by atoms with Gasteiger partial charge in [0, 0.05) is 55.2 Å². The second-order valence-corrected chi connectivity index (χ2v) is 16.6. The minimum Gasteiger partial charge on any atom is -0.475 e. The first-order chi connectivity index (χ1) is 21.0. The van der Waals surface area contributed by atoms with Gasteiger partial charge in [0.25, 0.3) is 10.0 Å². The number of anilines is 1. The van der Waals surface area contributed by atoms with Crippen LogP contribution in [0, 0.1) is 0 Å². The van der Waals surface area contributed by atoms with E-state index >= 15 is 0 Å². The molecule has 0 unspecified atom stereocenters. The number of sulfonamides is 2. The highest BCUT2D eigenvalue weighted by molar-refractivity contribution is 7.94. The van der Waals surface area contributed by atoms with Crippen molar-refractivity contribution in [1.82, 2.24) is 19.2 Å². The van der Waals surface area contributed by atoms with E-state index in [9.17, 15) is 30.0 Å². The van der Waals surface area contributed by atoms with Crippen LogP contribution in [0.2, 0.25) is 0 Å². The number of rotatable bonds is 9. The van der Waals surface area contributed by atoms with E-state index in [1.165, 1.54) is 15.6 Å². The van der Waals surface area contributed by atoms with Crippen molar-refractivity contribution in [2.75, 3.05) is 36.2 Å². The molecule has 0 aliphatic carbocycles. The Morgan fingerprint density at radius 3 is 2.33 bits per heavy atom. The molecule has 0 atom stereocenters. The number of thiazole rings is 1. The number of hydrogen-bond acceptors (Lipinski definition) is 9. The number of carboxylic acids is 1. The van der Waals surface area contributed by atoms with E-state index in [1.54, 1.807) is 40.1 Å². The Bertz CT molecular complexity index is 1830. The minimum absolute atomic E-state index is 0.131. The third-order valence-corrected chi connectivity index (χ3v) is 13.1. The van der Waals surface area contributed by atoms with Gasteiger partial charge in [-0.05, 0) is 44.4 Å². The lowest BCUT2D eigenvalue weighted by atomic mass is 10.2. The van der Waals surface area contributed by atoms with Gasteiger partial charge >= 0.3 is 12.1 Å². The highest BCUT2D eigenvalue weighted by Gasteiger charge is 2.38. The number of H-pyrrole nitrogens is 1. The summed E-state index contributed by atoms with van der Waals surface area (Å²) in [5.41, 5.74) is 2.19. The number of nitrogens with one attached hydrogen (secondary N) is 1. The zero-order valence-electron chi connectivity index (χ0n) is 24.5. The first-order valence-corrected chi connectivity index (χ1v) is 18.4. The Labute approximate surface area is 267 Å². The Hall–Kier alpha value is -3.03. The van der Waals surface area contributed by atoms with Crippen LogP contribution in [-0.2, 0) is 31.4 Å². The van der Waals surface area contributed by atoms with Gasteiger partial charge in [-0.3, -0.25) is 9.21 Å². The molecule has 4 aromatic rings. The number of thiophene rings is 1. The summed E-state index contributed by atoms with van der Waals surface area (Å²) in [5.74, 6) is -2.63. The molecule has 1 fully saturated rings. The number of aromatic nitrogens is 2. The maximum atomic E-state index is 13.5. The van der Waals surface area contributed by atoms with Crippen LogP contribution >= 0.6 is 22.7 Å². The van der Waals surface area contributed by atoms with Crippen molar-refractivity contribution in [2.24, 2.45) is 0 Å². The Kier molecular flexibility index (Phi) is 10.7. The highest BCUT2D eigenvalue weighted by Crippen LogP contribution is 2.36. The third-order valence-electron chi connectivity index (χ3n) is 6.84. The number of para-hydroxylation sites is 1. The van der Waals surface area contributed by atoms with Crippen LogP contribution in [0.3, 0.4) is 0 Å². The number of aliphatic carboxylic acids is 1. The van der Waals surface area contributed by atoms with Crippen molar-refractivity contribution in [3.63, 3.8) is 0 Å². The van der Waals surface area contributed by atoms with E-state index in [0.29, 0.717) is 42.6 Å². The molecule has 11 nitrogen and oxygen atoms in total. The molecular formula is C27H32F3N5O6S4. The molecule has 1 aliphatic rings. The van der Waals surface area contributed by atoms with Gasteiger partial charge in [0.05, 0.1) is 22.7 Å². The molecule has 4 heterocycles. The zero-order chi connectivity index (χ0) is 33.2. The van der Waals surface area contributed by atoms with Crippen LogP contribution < -0.4 is 4.31 Å². The molecule has 0 bridgehead atoms. The van der Waals surface area contributed by atoms with Gasteiger partial charge in [0.15, 0.2) is 0 Å². The molecule has 0 radical (unpaired) electrons. The molecular weight excluding hydrogens is 676 g/mol. The molecule has 18 heteroatoms. The van der Waals surface area contributed by atoms with Gasteiger partial charge in [-0.25, -0.2) is 26.6 Å². The number of alkyl halides is 3. The summed E-state index contributed by atoms with van der Waals surface area (Å²) in [5, 5.41) is 10.6. The third kappa shape index (κ3) is 8.04. The van der Waals surface area contributed by atoms with Crippen LogP contribution in [0.25, 0.3) is 21.6 Å². The number of fused-ring (bicyclic) bond motifs is 1. The number of carbonyl (C=O) groups is 1. The molecule has 0 amide bonds. The number of piperazine rings is 1. The fourth-order valence-electron chi connectivity index (χ4n) is 4.71. The predicted octanol–water partition coefficient (Wildman–Crippen LogP) is 5.06.